The fourth-order valence-corrected chi connectivity index (χ4v) is 4.60. The van der Waals surface area contributed by atoms with Crippen molar-refractivity contribution in [1.29, 1.82) is 0 Å². The number of hydrogen-bond acceptors (Lipinski definition) is 8. The Labute approximate surface area is 185 Å². The summed E-state index contributed by atoms with van der Waals surface area (Å²) in [4.78, 5) is 32.7. The number of aryl methyl sites for hydroxylation is 2. The molecule has 0 fully saturated rings. The minimum absolute atomic E-state index is 0.0256. The van der Waals surface area contributed by atoms with Crippen LogP contribution >= 0.6 is 11.3 Å². The summed E-state index contributed by atoms with van der Waals surface area (Å²) in [5.41, 5.74) is 1.18. The number of rotatable bonds is 9. The van der Waals surface area contributed by atoms with Gasteiger partial charge in [-0.2, -0.15) is 0 Å². The van der Waals surface area contributed by atoms with Crippen molar-refractivity contribution in [2.45, 2.75) is 26.3 Å². The molecule has 1 unspecified atom stereocenters. The van der Waals surface area contributed by atoms with E-state index in [1.54, 1.807) is 39.3 Å². The van der Waals surface area contributed by atoms with Gasteiger partial charge < -0.3 is 24.2 Å². The highest BCUT2D eigenvalue weighted by molar-refractivity contribution is 7.14. The first kappa shape index (κ1) is 22.8. The van der Waals surface area contributed by atoms with Crippen molar-refractivity contribution < 1.29 is 28.9 Å². The molecule has 1 aromatic heterocycles. The summed E-state index contributed by atoms with van der Waals surface area (Å²) in [6.45, 7) is 4.29. The van der Waals surface area contributed by atoms with Crippen LogP contribution in [-0.4, -0.2) is 61.2 Å². The fraction of sp³-hybridized carbons (Fsp3) is 0.409. The van der Waals surface area contributed by atoms with Crippen LogP contribution in [0.15, 0.2) is 29.5 Å². The summed E-state index contributed by atoms with van der Waals surface area (Å²) < 4.78 is 15.9. The number of carbonyl (C=O) groups is 2. The molecule has 1 atom stereocenters. The molecular formula is C22H26N2O6S. The number of amides is 1. The first-order valence-corrected chi connectivity index (χ1v) is 10.6. The molecule has 0 aliphatic carbocycles. The molecule has 1 aliphatic rings. The van der Waals surface area contributed by atoms with Gasteiger partial charge >= 0.3 is 0 Å². The summed E-state index contributed by atoms with van der Waals surface area (Å²) in [6, 6.07) is 4.36. The predicted octanol–water partition coefficient (Wildman–Crippen LogP) is 3.39. The van der Waals surface area contributed by atoms with E-state index in [1.165, 1.54) is 23.3 Å². The standard InChI is InChI=1S/C22H26N2O6S/c1-12-21(31-13(2)23-12)19(25)17-18(15-8-7-14(29-4)11-16(15)30-5)24(9-6-10-28-3)22(27)20(17)26/h7-8,11,18,26H,6,9-10H2,1-5H3. The van der Waals surface area contributed by atoms with E-state index in [0.717, 1.165) is 5.01 Å². The third kappa shape index (κ3) is 4.28. The van der Waals surface area contributed by atoms with Gasteiger partial charge in [-0.25, -0.2) is 4.98 Å². The average molecular weight is 447 g/mol. The highest BCUT2D eigenvalue weighted by Crippen LogP contribution is 2.44. The van der Waals surface area contributed by atoms with Crippen molar-refractivity contribution in [1.82, 2.24) is 9.88 Å². The van der Waals surface area contributed by atoms with E-state index < -0.39 is 23.5 Å². The number of ketones is 1. The second kappa shape index (κ2) is 9.49. The van der Waals surface area contributed by atoms with Gasteiger partial charge in [-0.1, -0.05) is 0 Å². The Hall–Kier alpha value is -2.91. The molecule has 1 N–H and O–H groups in total. The molecule has 2 aromatic rings. The third-order valence-corrected chi connectivity index (χ3v) is 6.21. The van der Waals surface area contributed by atoms with Crippen molar-refractivity contribution in [3.05, 3.63) is 50.7 Å². The van der Waals surface area contributed by atoms with Crippen LogP contribution in [0.4, 0.5) is 0 Å². The molecule has 3 rings (SSSR count). The monoisotopic (exact) mass is 446 g/mol. The molecule has 8 nitrogen and oxygen atoms in total. The van der Waals surface area contributed by atoms with E-state index in [1.807, 2.05) is 6.92 Å². The van der Waals surface area contributed by atoms with Crippen molar-refractivity contribution in [2.24, 2.45) is 0 Å². The zero-order chi connectivity index (χ0) is 22.7. The number of ether oxygens (including phenoxy) is 3. The normalized spacial score (nSPS) is 16.2. The van der Waals surface area contributed by atoms with Crippen LogP contribution in [0.1, 0.15) is 38.4 Å². The van der Waals surface area contributed by atoms with Gasteiger partial charge in [-0.05, 0) is 32.4 Å². The molecule has 1 aromatic carbocycles. The quantitative estimate of drug-likeness (QED) is 0.466. The zero-order valence-electron chi connectivity index (χ0n) is 18.2. The fourth-order valence-electron chi connectivity index (χ4n) is 3.73. The molecular weight excluding hydrogens is 420 g/mol. The van der Waals surface area contributed by atoms with Gasteiger partial charge in [0.2, 0.25) is 5.78 Å². The lowest BCUT2D eigenvalue weighted by Gasteiger charge is -2.28. The van der Waals surface area contributed by atoms with Crippen molar-refractivity contribution >= 4 is 23.0 Å². The van der Waals surface area contributed by atoms with Crippen LogP contribution in [0.3, 0.4) is 0 Å². The highest BCUT2D eigenvalue weighted by Gasteiger charge is 2.45. The number of carbonyl (C=O) groups excluding carboxylic acids is 2. The van der Waals surface area contributed by atoms with Gasteiger partial charge in [0, 0.05) is 31.9 Å². The molecule has 166 valence electrons. The van der Waals surface area contributed by atoms with Crippen molar-refractivity contribution in [3.63, 3.8) is 0 Å². The summed E-state index contributed by atoms with van der Waals surface area (Å²) in [7, 11) is 4.63. The Morgan fingerprint density at radius 3 is 2.55 bits per heavy atom. The average Bonchev–Trinajstić information content (AvgIpc) is 3.23. The number of thiazole rings is 1. The molecule has 0 radical (unpaired) electrons. The lowest BCUT2D eigenvalue weighted by atomic mass is 9.94. The van der Waals surface area contributed by atoms with Crippen LogP contribution in [0.2, 0.25) is 0 Å². The first-order valence-electron chi connectivity index (χ1n) is 9.77. The van der Waals surface area contributed by atoms with E-state index in [4.69, 9.17) is 14.2 Å². The zero-order valence-corrected chi connectivity index (χ0v) is 19.0. The van der Waals surface area contributed by atoms with E-state index in [0.29, 0.717) is 47.2 Å². The molecule has 1 aliphatic heterocycles. The van der Waals surface area contributed by atoms with Crippen LogP contribution in [0.5, 0.6) is 11.5 Å². The number of nitrogens with zero attached hydrogens (tertiary/aromatic N) is 2. The molecule has 31 heavy (non-hydrogen) atoms. The molecule has 2 heterocycles. The smallest absolute Gasteiger partial charge is 0.290 e. The lowest BCUT2D eigenvalue weighted by Crippen LogP contribution is -2.32. The predicted molar refractivity (Wildman–Crippen MR) is 116 cm³/mol. The van der Waals surface area contributed by atoms with E-state index >= 15 is 0 Å². The van der Waals surface area contributed by atoms with Crippen LogP contribution in [-0.2, 0) is 9.53 Å². The largest absolute Gasteiger partial charge is 0.503 e. The maximum atomic E-state index is 13.5. The molecule has 0 bridgehead atoms. The van der Waals surface area contributed by atoms with E-state index in [9.17, 15) is 14.7 Å². The number of aromatic nitrogens is 1. The Kier molecular flexibility index (Phi) is 6.97. The van der Waals surface area contributed by atoms with Crippen LogP contribution in [0.25, 0.3) is 0 Å². The van der Waals surface area contributed by atoms with Gasteiger partial charge in [0.05, 0.1) is 41.4 Å². The highest BCUT2D eigenvalue weighted by atomic mass is 32.1. The summed E-state index contributed by atoms with van der Waals surface area (Å²) in [5.74, 6) is -0.528. The maximum absolute atomic E-state index is 13.5. The topological polar surface area (TPSA) is 98.2 Å². The second-order valence-electron chi connectivity index (χ2n) is 7.09. The molecule has 0 saturated heterocycles. The van der Waals surface area contributed by atoms with Crippen LogP contribution < -0.4 is 9.47 Å². The molecule has 9 heteroatoms. The number of benzene rings is 1. The summed E-state index contributed by atoms with van der Waals surface area (Å²) >= 11 is 1.24. The minimum Gasteiger partial charge on any atom is -0.503 e. The Morgan fingerprint density at radius 1 is 1.23 bits per heavy atom. The molecule has 0 spiro atoms. The van der Waals surface area contributed by atoms with Gasteiger partial charge in [0.25, 0.3) is 5.91 Å². The Morgan fingerprint density at radius 2 is 1.97 bits per heavy atom. The Bertz CT molecular complexity index is 1030. The first-order chi connectivity index (χ1) is 14.8. The van der Waals surface area contributed by atoms with Gasteiger partial charge in [-0.15, -0.1) is 11.3 Å². The SMILES string of the molecule is COCCCN1C(=O)C(O)=C(C(=O)c2sc(C)nc2C)C1c1ccc(OC)cc1OC. The van der Waals surface area contributed by atoms with Crippen LogP contribution in [0, 0.1) is 13.8 Å². The van der Waals surface area contributed by atoms with Crippen molar-refractivity contribution in [3.8, 4) is 11.5 Å². The molecule has 0 saturated carbocycles. The minimum atomic E-state index is -0.806. The lowest BCUT2D eigenvalue weighted by molar-refractivity contribution is -0.129. The number of methoxy groups -OCH3 is 3. The third-order valence-electron chi connectivity index (χ3n) is 5.14. The second-order valence-corrected chi connectivity index (χ2v) is 8.30. The number of hydrogen-bond donors (Lipinski definition) is 1. The number of aliphatic hydroxyl groups excluding tert-OH is 1. The summed E-state index contributed by atoms with van der Waals surface area (Å²) in [6.07, 6.45) is 0.546. The Balaban J connectivity index is 2.14. The van der Waals surface area contributed by atoms with E-state index in [-0.39, 0.29) is 5.57 Å². The van der Waals surface area contributed by atoms with Crippen molar-refractivity contribution in [2.75, 3.05) is 34.5 Å². The van der Waals surface area contributed by atoms with Gasteiger partial charge in [0.15, 0.2) is 5.76 Å². The van der Waals surface area contributed by atoms with Gasteiger partial charge in [-0.3, -0.25) is 9.59 Å². The maximum Gasteiger partial charge on any atom is 0.290 e. The number of Topliss-reactive ketones (excluding diaryl/α,β-unsaturated/α-hetero) is 1. The number of aliphatic hydroxyl groups is 1. The summed E-state index contributed by atoms with van der Waals surface area (Å²) in [5, 5.41) is 11.5. The molecule has 1 amide bonds. The van der Waals surface area contributed by atoms with Gasteiger partial charge in [0.1, 0.15) is 11.5 Å². The van der Waals surface area contributed by atoms with E-state index in [2.05, 4.69) is 4.98 Å².